The van der Waals surface area contributed by atoms with Gasteiger partial charge < -0.3 is 14.8 Å². The summed E-state index contributed by atoms with van der Waals surface area (Å²) in [6, 6.07) is 6.02. The molecule has 17 heavy (non-hydrogen) atoms. The molecule has 0 saturated carbocycles. The van der Waals surface area contributed by atoms with E-state index in [0.29, 0.717) is 13.2 Å². The summed E-state index contributed by atoms with van der Waals surface area (Å²) < 4.78 is 11.1. The van der Waals surface area contributed by atoms with Crippen molar-refractivity contribution in [1.82, 2.24) is 5.32 Å². The van der Waals surface area contributed by atoms with Crippen molar-refractivity contribution in [2.24, 2.45) is 0 Å². The molecule has 1 aromatic rings. The molecule has 3 nitrogen and oxygen atoms in total. The van der Waals surface area contributed by atoms with Crippen LogP contribution in [-0.2, 0) is 6.54 Å². The van der Waals surface area contributed by atoms with Crippen LogP contribution >= 0.6 is 0 Å². The number of benzene rings is 1. The lowest BCUT2D eigenvalue weighted by atomic mass is 10.2. The van der Waals surface area contributed by atoms with E-state index >= 15 is 0 Å². The summed E-state index contributed by atoms with van der Waals surface area (Å²) in [7, 11) is 0. The van der Waals surface area contributed by atoms with Gasteiger partial charge in [0.1, 0.15) is 0 Å². The van der Waals surface area contributed by atoms with Crippen molar-refractivity contribution in [2.75, 3.05) is 19.8 Å². The lowest BCUT2D eigenvalue weighted by Gasteiger charge is -2.12. The van der Waals surface area contributed by atoms with Crippen molar-refractivity contribution >= 4 is 0 Å². The Morgan fingerprint density at radius 3 is 2.53 bits per heavy atom. The maximum Gasteiger partial charge on any atom is 0.161 e. The highest BCUT2D eigenvalue weighted by atomic mass is 16.5. The number of ether oxygens (including phenoxy) is 2. The van der Waals surface area contributed by atoms with Gasteiger partial charge >= 0.3 is 0 Å². The number of nitrogens with one attached hydrogen (secondary N) is 1. The van der Waals surface area contributed by atoms with Crippen molar-refractivity contribution < 1.29 is 9.47 Å². The van der Waals surface area contributed by atoms with Gasteiger partial charge in [-0.25, -0.2) is 0 Å². The van der Waals surface area contributed by atoms with E-state index in [0.717, 1.165) is 24.6 Å². The van der Waals surface area contributed by atoms with E-state index in [9.17, 15) is 0 Å². The molecule has 0 radical (unpaired) electrons. The van der Waals surface area contributed by atoms with Crippen molar-refractivity contribution in [3.8, 4) is 11.5 Å². The predicted molar refractivity (Wildman–Crippen MR) is 70.7 cm³/mol. The van der Waals surface area contributed by atoms with Gasteiger partial charge in [0, 0.05) is 13.1 Å². The van der Waals surface area contributed by atoms with Gasteiger partial charge in [-0.15, -0.1) is 6.58 Å². The number of hydrogen-bond donors (Lipinski definition) is 1. The van der Waals surface area contributed by atoms with Crippen LogP contribution in [0.25, 0.3) is 0 Å². The third kappa shape index (κ3) is 4.49. The van der Waals surface area contributed by atoms with Crippen molar-refractivity contribution in [1.29, 1.82) is 0 Å². The summed E-state index contributed by atoms with van der Waals surface area (Å²) in [6.45, 7) is 10.5. The summed E-state index contributed by atoms with van der Waals surface area (Å²) in [5.74, 6) is 1.62. The van der Waals surface area contributed by atoms with E-state index in [2.05, 4.69) is 11.9 Å². The van der Waals surface area contributed by atoms with Gasteiger partial charge in [-0.2, -0.15) is 0 Å². The Labute approximate surface area is 103 Å². The molecule has 0 aliphatic rings. The van der Waals surface area contributed by atoms with Crippen LogP contribution in [0.15, 0.2) is 30.9 Å². The van der Waals surface area contributed by atoms with Gasteiger partial charge in [0.15, 0.2) is 11.5 Å². The van der Waals surface area contributed by atoms with Crippen LogP contribution in [-0.4, -0.2) is 19.8 Å². The minimum atomic E-state index is 0.642. The minimum absolute atomic E-state index is 0.642. The normalized spacial score (nSPS) is 10.0. The summed E-state index contributed by atoms with van der Waals surface area (Å²) in [5, 5.41) is 3.26. The van der Waals surface area contributed by atoms with Crippen LogP contribution in [0, 0.1) is 0 Å². The molecule has 0 bridgehead atoms. The summed E-state index contributed by atoms with van der Waals surface area (Å²) >= 11 is 0. The minimum Gasteiger partial charge on any atom is -0.490 e. The zero-order valence-electron chi connectivity index (χ0n) is 10.7. The second kappa shape index (κ2) is 7.74. The Hall–Kier alpha value is -1.48. The highest BCUT2D eigenvalue weighted by molar-refractivity contribution is 5.43. The molecule has 0 aliphatic carbocycles. The van der Waals surface area contributed by atoms with Crippen LogP contribution in [0.3, 0.4) is 0 Å². The molecule has 0 heterocycles. The zero-order chi connectivity index (χ0) is 12.5. The molecular weight excluding hydrogens is 214 g/mol. The summed E-state index contributed by atoms with van der Waals surface area (Å²) in [4.78, 5) is 0. The Balaban J connectivity index is 2.73. The second-order valence-corrected chi connectivity index (χ2v) is 3.57. The maximum atomic E-state index is 5.56. The third-order valence-electron chi connectivity index (χ3n) is 2.23. The monoisotopic (exact) mass is 235 g/mol. The zero-order valence-corrected chi connectivity index (χ0v) is 10.7. The first-order chi connectivity index (χ1) is 8.31. The molecule has 94 valence electrons. The molecule has 0 fully saturated rings. The van der Waals surface area contributed by atoms with Gasteiger partial charge in [-0.3, -0.25) is 0 Å². The second-order valence-electron chi connectivity index (χ2n) is 3.57. The first kappa shape index (κ1) is 13.6. The first-order valence-corrected chi connectivity index (χ1v) is 6.02. The Kier molecular flexibility index (Phi) is 6.18. The SMILES string of the molecule is C=CCNCc1ccc(OCC)c(OCC)c1. The first-order valence-electron chi connectivity index (χ1n) is 6.02. The van der Waals surface area contributed by atoms with E-state index in [1.54, 1.807) is 0 Å². The van der Waals surface area contributed by atoms with Crippen molar-refractivity contribution in [2.45, 2.75) is 20.4 Å². The van der Waals surface area contributed by atoms with Crippen LogP contribution in [0.5, 0.6) is 11.5 Å². The van der Waals surface area contributed by atoms with Crippen LogP contribution in [0.4, 0.5) is 0 Å². The van der Waals surface area contributed by atoms with Crippen molar-refractivity contribution in [3.63, 3.8) is 0 Å². The molecule has 0 aromatic heterocycles. The lowest BCUT2D eigenvalue weighted by Crippen LogP contribution is -2.12. The standard InChI is InChI=1S/C14H21NO2/c1-4-9-15-11-12-7-8-13(16-5-2)14(10-12)17-6-3/h4,7-8,10,15H,1,5-6,9,11H2,2-3H3. The van der Waals surface area contributed by atoms with Gasteiger partial charge in [0.25, 0.3) is 0 Å². The van der Waals surface area contributed by atoms with Gasteiger partial charge in [0.05, 0.1) is 13.2 Å². The van der Waals surface area contributed by atoms with Crippen LogP contribution < -0.4 is 14.8 Å². The maximum absolute atomic E-state index is 5.56. The molecule has 3 heteroatoms. The number of hydrogen-bond acceptors (Lipinski definition) is 3. The average molecular weight is 235 g/mol. The highest BCUT2D eigenvalue weighted by Crippen LogP contribution is 2.28. The Bertz CT molecular complexity index is 350. The molecule has 0 unspecified atom stereocenters. The molecule has 1 rings (SSSR count). The van der Waals surface area contributed by atoms with Gasteiger partial charge in [-0.05, 0) is 31.5 Å². The van der Waals surface area contributed by atoms with E-state index in [4.69, 9.17) is 9.47 Å². The summed E-state index contributed by atoms with van der Waals surface area (Å²) in [5.41, 5.74) is 1.18. The molecule has 0 atom stereocenters. The Morgan fingerprint density at radius 2 is 1.88 bits per heavy atom. The van der Waals surface area contributed by atoms with Crippen LogP contribution in [0.1, 0.15) is 19.4 Å². The molecule has 0 spiro atoms. The number of rotatable bonds is 8. The predicted octanol–water partition coefficient (Wildman–Crippen LogP) is 2.76. The fourth-order valence-corrected chi connectivity index (χ4v) is 1.52. The fraction of sp³-hybridized carbons (Fsp3) is 0.429. The third-order valence-corrected chi connectivity index (χ3v) is 2.23. The van der Waals surface area contributed by atoms with Crippen molar-refractivity contribution in [3.05, 3.63) is 36.4 Å². The molecule has 1 aromatic carbocycles. The smallest absolute Gasteiger partial charge is 0.161 e. The topological polar surface area (TPSA) is 30.5 Å². The van der Waals surface area contributed by atoms with Gasteiger partial charge in [-0.1, -0.05) is 12.1 Å². The van der Waals surface area contributed by atoms with Gasteiger partial charge in [0.2, 0.25) is 0 Å². The quantitative estimate of drug-likeness (QED) is 0.555. The summed E-state index contributed by atoms with van der Waals surface area (Å²) in [6.07, 6.45) is 1.85. The van der Waals surface area contributed by atoms with E-state index < -0.39 is 0 Å². The van der Waals surface area contributed by atoms with E-state index in [1.165, 1.54) is 5.56 Å². The fourth-order valence-electron chi connectivity index (χ4n) is 1.52. The molecule has 1 N–H and O–H groups in total. The Morgan fingerprint density at radius 1 is 1.18 bits per heavy atom. The van der Waals surface area contributed by atoms with E-state index in [1.807, 2.05) is 38.1 Å². The molecular formula is C14H21NO2. The van der Waals surface area contributed by atoms with E-state index in [-0.39, 0.29) is 0 Å². The molecule has 0 amide bonds. The molecule has 0 saturated heterocycles. The average Bonchev–Trinajstić information content (AvgIpc) is 2.33. The lowest BCUT2D eigenvalue weighted by molar-refractivity contribution is 0.287. The molecule has 0 aliphatic heterocycles. The van der Waals surface area contributed by atoms with Crippen LogP contribution in [0.2, 0.25) is 0 Å². The largest absolute Gasteiger partial charge is 0.490 e. The highest BCUT2D eigenvalue weighted by Gasteiger charge is 2.05.